The molecular weight excluding hydrogens is 176 g/mol. The Balaban J connectivity index is 2.13. The number of rotatable bonds is 1. The third kappa shape index (κ3) is 1.11. The highest BCUT2D eigenvalue weighted by atomic mass is 19.3. The molecule has 1 aliphatic heterocycles. The van der Waals surface area contributed by atoms with E-state index >= 15 is 0 Å². The minimum atomic E-state index is -2.45. The maximum Gasteiger partial charge on any atom is 0.256 e. The summed E-state index contributed by atoms with van der Waals surface area (Å²) in [5.41, 5.74) is 0.103. The Kier molecular flexibility index (Phi) is 1.60. The zero-order valence-electron chi connectivity index (χ0n) is 7.81. The summed E-state index contributed by atoms with van der Waals surface area (Å²) in [7, 11) is 3.37. The van der Waals surface area contributed by atoms with Crippen LogP contribution in [0.3, 0.4) is 0 Å². The average molecular weight is 189 g/mol. The standard InChI is InChI=1S/C9H13F2NO/c1-12-6-8(5-9(8,10)11)3-7(12)4-13-2/h4H,3,5-6H2,1-2H3/b7-4+/t8-/m1/s1. The van der Waals surface area contributed by atoms with E-state index in [1.165, 1.54) is 7.11 Å². The Labute approximate surface area is 76.2 Å². The van der Waals surface area contributed by atoms with Crippen molar-refractivity contribution in [3.8, 4) is 0 Å². The molecule has 1 atom stereocenters. The number of methoxy groups -OCH3 is 1. The lowest BCUT2D eigenvalue weighted by Crippen LogP contribution is -2.17. The lowest BCUT2D eigenvalue weighted by Gasteiger charge is -2.11. The van der Waals surface area contributed by atoms with Gasteiger partial charge >= 0.3 is 0 Å². The summed E-state index contributed by atoms with van der Waals surface area (Å²) in [5.74, 6) is -2.45. The van der Waals surface area contributed by atoms with Crippen molar-refractivity contribution in [3.05, 3.63) is 12.0 Å². The molecule has 2 aliphatic rings. The number of hydrogen-bond acceptors (Lipinski definition) is 2. The van der Waals surface area contributed by atoms with Gasteiger partial charge in [-0.3, -0.25) is 0 Å². The van der Waals surface area contributed by atoms with Gasteiger partial charge in [0.1, 0.15) is 6.26 Å². The first kappa shape index (κ1) is 8.78. The Morgan fingerprint density at radius 2 is 2.15 bits per heavy atom. The van der Waals surface area contributed by atoms with Gasteiger partial charge in [0.2, 0.25) is 0 Å². The molecule has 13 heavy (non-hydrogen) atoms. The molecule has 4 heteroatoms. The summed E-state index contributed by atoms with van der Waals surface area (Å²) in [6.45, 7) is 0.454. The second-order valence-corrected chi connectivity index (χ2v) is 4.04. The predicted octanol–water partition coefficient (Wildman–Crippen LogP) is 1.84. The lowest BCUT2D eigenvalue weighted by molar-refractivity contribution is 0.0673. The number of likely N-dealkylation sites (tertiary alicyclic amines) is 1. The fraction of sp³-hybridized carbons (Fsp3) is 0.778. The molecule has 1 aliphatic carbocycles. The molecule has 0 aromatic heterocycles. The van der Waals surface area contributed by atoms with E-state index in [1.54, 1.807) is 6.26 Å². The highest BCUT2D eigenvalue weighted by Crippen LogP contribution is 2.66. The smallest absolute Gasteiger partial charge is 0.256 e. The molecule has 0 N–H and O–H groups in total. The van der Waals surface area contributed by atoms with Gasteiger partial charge in [0.25, 0.3) is 5.92 Å². The average Bonchev–Trinajstić information content (AvgIpc) is 2.32. The molecule has 1 spiro atoms. The third-order valence-electron chi connectivity index (χ3n) is 3.01. The number of ether oxygens (including phenoxy) is 1. The monoisotopic (exact) mass is 189 g/mol. The van der Waals surface area contributed by atoms with Gasteiger partial charge in [-0.2, -0.15) is 0 Å². The van der Waals surface area contributed by atoms with E-state index in [1.807, 2.05) is 11.9 Å². The number of alkyl halides is 2. The van der Waals surface area contributed by atoms with Crippen molar-refractivity contribution in [2.24, 2.45) is 5.41 Å². The minimum Gasteiger partial charge on any atom is -0.503 e. The number of halogens is 2. The molecular formula is C9H13F2NO. The zero-order chi connectivity index (χ0) is 9.69. The largest absolute Gasteiger partial charge is 0.503 e. The van der Waals surface area contributed by atoms with Gasteiger partial charge < -0.3 is 9.64 Å². The van der Waals surface area contributed by atoms with E-state index in [0.717, 1.165) is 5.70 Å². The topological polar surface area (TPSA) is 12.5 Å². The summed E-state index contributed by atoms with van der Waals surface area (Å²) >= 11 is 0. The Bertz CT molecular complexity index is 264. The number of hydrogen-bond donors (Lipinski definition) is 0. The first-order valence-corrected chi connectivity index (χ1v) is 4.32. The third-order valence-corrected chi connectivity index (χ3v) is 3.01. The van der Waals surface area contributed by atoms with E-state index in [9.17, 15) is 8.78 Å². The Morgan fingerprint density at radius 1 is 1.54 bits per heavy atom. The van der Waals surface area contributed by atoms with Gasteiger partial charge in [0.15, 0.2) is 0 Å². The maximum absolute atomic E-state index is 13.0. The second kappa shape index (κ2) is 2.36. The predicted molar refractivity (Wildman–Crippen MR) is 44.3 cm³/mol. The van der Waals surface area contributed by atoms with Gasteiger partial charge in [-0.15, -0.1) is 0 Å². The van der Waals surface area contributed by atoms with Crippen LogP contribution in [0.5, 0.6) is 0 Å². The molecule has 2 rings (SSSR count). The van der Waals surface area contributed by atoms with Crippen LogP contribution in [0.25, 0.3) is 0 Å². The van der Waals surface area contributed by atoms with Crippen LogP contribution in [0.1, 0.15) is 12.8 Å². The van der Waals surface area contributed by atoms with Gasteiger partial charge in [0.05, 0.1) is 12.5 Å². The Morgan fingerprint density at radius 3 is 2.54 bits per heavy atom. The van der Waals surface area contributed by atoms with Crippen molar-refractivity contribution in [2.75, 3.05) is 20.7 Å². The molecule has 1 saturated carbocycles. The zero-order valence-corrected chi connectivity index (χ0v) is 7.81. The SMILES string of the molecule is CO/C=C1\C[C@]2(CN1C)CC2(F)F. The summed E-state index contributed by atoms with van der Waals surface area (Å²) in [5, 5.41) is 0. The Hall–Kier alpha value is -0.800. The van der Waals surface area contributed by atoms with Crippen LogP contribution in [0.15, 0.2) is 12.0 Å². The van der Waals surface area contributed by atoms with Gasteiger partial charge in [0, 0.05) is 32.1 Å². The van der Waals surface area contributed by atoms with Crippen LogP contribution in [0.4, 0.5) is 8.78 Å². The first-order chi connectivity index (χ1) is 6.01. The highest BCUT2D eigenvalue weighted by molar-refractivity contribution is 5.23. The molecule has 1 saturated heterocycles. The molecule has 0 unspecified atom stereocenters. The molecule has 0 aromatic carbocycles. The molecule has 0 bridgehead atoms. The van der Waals surface area contributed by atoms with Crippen LogP contribution < -0.4 is 0 Å². The quantitative estimate of drug-likeness (QED) is 0.583. The van der Waals surface area contributed by atoms with E-state index in [2.05, 4.69) is 0 Å². The van der Waals surface area contributed by atoms with Gasteiger partial charge in [-0.1, -0.05) is 0 Å². The van der Waals surface area contributed by atoms with Crippen LogP contribution >= 0.6 is 0 Å². The molecule has 2 fully saturated rings. The second-order valence-electron chi connectivity index (χ2n) is 4.04. The summed E-state index contributed by atoms with van der Waals surface area (Å²) in [6, 6.07) is 0. The molecule has 2 nitrogen and oxygen atoms in total. The number of nitrogens with zero attached hydrogens (tertiary/aromatic N) is 1. The van der Waals surface area contributed by atoms with Crippen molar-refractivity contribution in [1.29, 1.82) is 0 Å². The maximum atomic E-state index is 13.0. The van der Waals surface area contributed by atoms with Crippen molar-refractivity contribution in [2.45, 2.75) is 18.8 Å². The molecule has 74 valence electrons. The molecule has 1 heterocycles. The van der Waals surface area contributed by atoms with Crippen LogP contribution in [-0.4, -0.2) is 31.5 Å². The summed E-state index contributed by atoms with van der Waals surface area (Å²) in [6.07, 6.45) is 2.04. The summed E-state index contributed by atoms with van der Waals surface area (Å²) < 4.78 is 30.8. The molecule has 0 amide bonds. The molecule has 0 radical (unpaired) electrons. The number of allylic oxidation sites excluding steroid dienone is 1. The van der Waals surface area contributed by atoms with Crippen molar-refractivity contribution in [3.63, 3.8) is 0 Å². The van der Waals surface area contributed by atoms with Crippen LogP contribution in [0.2, 0.25) is 0 Å². The van der Waals surface area contributed by atoms with E-state index in [-0.39, 0.29) is 6.42 Å². The normalized spacial score (nSPS) is 38.8. The van der Waals surface area contributed by atoms with Crippen molar-refractivity contribution < 1.29 is 13.5 Å². The van der Waals surface area contributed by atoms with Gasteiger partial charge in [-0.25, -0.2) is 8.78 Å². The van der Waals surface area contributed by atoms with Gasteiger partial charge in [-0.05, 0) is 0 Å². The van der Waals surface area contributed by atoms with Crippen LogP contribution in [0, 0.1) is 5.41 Å². The lowest BCUT2D eigenvalue weighted by atomic mass is 10.1. The van der Waals surface area contributed by atoms with E-state index in [0.29, 0.717) is 13.0 Å². The fourth-order valence-corrected chi connectivity index (χ4v) is 2.10. The van der Waals surface area contributed by atoms with Crippen LogP contribution in [-0.2, 0) is 4.74 Å². The first-order valence-electron chi connectivity index (χ1n) is 4.32. The molecule has 0 aromatic rings. The minimum absolute atomic E-state index is 0.0331. The van der Waals surface area contributed by atoms with Crippen molar-refractivity contribution in [1.82, 2.24) is 4.90 Å². The van der Waals surface area contributed by atoms with E-state index in [4.69, 9.17) is 4.74 Å². The summed E-state index contributed by atoms with van der Waals surface area (Å²) in [4.78, 5) is 1.85. The van der Waals surface area contributed by atoms with E-state index < -0.39 is 11.3 Å². The highest BCUT2D eigenvalue weighted by Gasteiger charge is 2.73. The van der Waals surface area contributed by atoms with Crippen molar-refractivity contribution >= 4 is 0 Å². The fourth-order valence-electron chi connectivity index (χ4n) is 2.10.